The lowest BCUT2D eigenvalue weighted by molar-refractivity contribution is -0.135. The van der Waals surface area contributed by atoms with Gasteiger partial charge in [0.2, 0.25) is 0 Å². The molecule has 0 radical (unpaired) electrons. The van der Waals surface area contributed by atoms with Crippen molar-refractivity contribution in [2.24, 2.45) is 0 Å². The van der Waals surface area contributed by atoms with E-state index in [4.69, 9.17) is 5.11 Å². The second-order valence-corrected chi connectivity index (χ2v) is 3.22. The first-order chi connectivity index (χ1) is 7.41. The van der Waals surface area contributed by atoms with Crippen LogP contribution in [0.15, 0.2) is 18.2 Å². The highest BCUT2D eigenvalue weighted by atomic mass is 16.6. The molecular formula is C11H10O5. The molecule has 0 saturated heterocycles. The third-order valence-corrected chi connectivity index (χ3v) is 1.94. The minimum Gasteiger partial charge on any atom is -0.478 e. The van der Waals surface area contributed by atoms with Crippen LogP contribution in [0.3, 0.4) is 0 Å². The molecule has 0 unspecified atom stereocenters. The van der Waals surface area contributed by atoms with Crippen molar-refractivity contribution in [1.82, 2.24) is 0 Å². The Bertz CT molecular complexity index is 461. The van der Waals surface area contributed by atoms with E-state index in [0.717, 1.165) is 6.92 Å². The first kappa shape index (κ1) is 11.9. The summed E-state index contributed by atoms with van der Waals surface area (Å²) in [6.45, 7) is 2.72. The van der Waals surface area contributed by atoms with Crippen molar-refractivity contribution in [2.75, 3.05) is 0 Å². The molecule has 0 amide bonds. The van der Waals surface area contributed by atoms with Crippen LogP contribution in [0.4, 0.5) is 0 Å². The smallest absolute Gasteiger partial charge is 0.345 e. The third kappa shape index (κ3) is 2.66. The van der Waals surface area contributed by atoms with E-state index in [0.29, 0.717) is 5.56 Å². The number of hydrogen-bond donors (Lipinski definition) is 1. The van der Waals surface area contributed by atoms with Crippen LogP contribution in [0.5, 0.6) is 0 Å². The molecule has 0 spiro atoms. The lowest BCUT2D eigenvalue weighted by Crippen LogP contribution is -2.11. The fraction of sp³-hybridized carbons (Fsp3) is 0.182. The van der Waals surface area contributed by atoms with Gasteiger partial charge in [0.1, 0.15) is 0 Å². The number of carbonyl (C=O) groups excluding carboxylic acids is 2. The number of aryl methyl sites for hydroxylation is 1. The largest absolute Gasteiger partial charge is 0.478 e. The predicted molar refractivity (Wildman–Crippen MR) is 54.2 cm³/mol. The van der Waals surface area contributed by atoms with E-state index in [9.17, 15) is 14.4 Å². The molecule has 0 aliphatic rings. The normalized spacial score (nSPS) is 9.62. The summed E-state index contributed by atoms with van der Waals surface area (Å²) in [4.78, 5) is 32.7. The van der Waals surface area contributed by atoms with Gasteiger partial charge in [0.05, 0.1) is 11.1 Å². The number of benzene rings is 1. The lowest BCUT2D eigenvalue weighted by atomic mass is 10.1. The zero-order valence-electron chi connectivity index (χ0n) is 8.81. The molecule has 84 valence electrons. The molecule has 0 atom stereocenters. The Morgan fingerprint density at radius 3 is 2.38 bits per heavy atom. The molecule has 0 aliphatic heterocycles. The van der Waals surface area contributed by atoms with Gasteiger partial charge in [-0.25, -0.2) is 9.59 Å². The standard InChI is InChI=1S/C11H10O5/c1-6-3-4-8(5-9(6)10(13)14)11(15)16-7(2)12/h3-5H,1-2H3,(H,13,14). The third-order valence-electron chi connectivity index (χ3n) is 1.94. The van der Waals surface area contributed by atoms with Gasteiger partial charge in [-0.05, 0) is 24.6 Å². The molecule has 5 nitrogen and oxygen atoms in total. The number of carbonyl (C=O) groups is 3. The average Bonchev–Trinajstić information content (AvgIpc) is 2.16. The highest BCUT2D eigenvalue weighted by Gasteiger charge is 2.14. The van der Waals surface area contributed by atoms with Crippen molar-refractivity contribution < 1.29 is 24.2 Å². The summed E-state index contributed by atoms with van der Waals surface area (Å²) in [7, 11) is 0. The monoisotopic (exact) mass is 222 g/mol. The summed E-state index contributed by atoms with van der Waals surface area (Å²) in [5.41, 5.74) is 0.586. The Labute approximate surface area is 91.6 Å². The molecule has 0 aliphatic carbocycles. The quantitative estimate of drug-likeness (QED) is 0.604. The second-order valence-electron chi connectivity index (χ2n) is 3.22. The van der Waals surface area contributed by atoms with Gasteiger partial charge in [0, 0.05) is 6.92 Å². The number of ether oxygens (including phenoxy) is 1. The van der Waals surface area contributed by atoms with E-state index < -0.39 is 17.9 Å². The Hall–Kier alpha value is -2.17. The van der Waals surface area contributed by atoms with Gasteiger partial charge in [0.15, 0.2) is 0 Å². The van der Waals surface area contributed by atoms with Crippen LogP contribution in [-0.2, 0) is 9.53 Å². The number of esters is 2. The van der Waals surface area contributed by atoms with Crippen LogP contribution in [0.25, 0.3) is 0 Å². The molecule has 0 bridgehead atoms. The van der Waals surface area contributed by atoms with Crippen molar-refractivity contribution in [3.05, 3.63) is 34.9 Å². The summed E-state index contributed by atoms with van der Waals surface area (Å²) < 4.78 is 4.34. The minimum atomic E-state index is -1.13. The molecule has 0 saturated carbocycles. The highest BCUT2D eigenvalue weighted by molar-refractivity contribution is 5.99. The number of carboxylic acid groups (broad SMARTS) is 1. The van der Waals surface area contributed by atoms with E-state index in [1.54, 1.807) is 6.92 Å². The molecule has 0 aromatic heterocycles. The van der Waals surface area contributed by atoms with Crippen LogP contribution in [-0.4, -0.2) is 23.0 Å². The zero-order chi connectivity index (χ0) is 12.3. The molecule has 16 heavy (non-hydrogen) atoms. The lowest BCUT2D eigenvalue weighted by Gasteiger charge is -2.04. The van der Waals surface area contributed by atoms with Crippen LogP contribution in [0.1, 0.15) is 33.2 Å². The van der Waals surface area contributed by atoms with E-state index in [1.165, 1.54) is 18.2 Å². The fourth-order valence-corrected chi connectivity index (χ4v) is 1.17. The Kier molecular flexibility index (Phi) is 3.40. The number of rotatable bonds is 2. The molecule has 0 heterocycles. The maximum Gasteiger partial charge on any atom is 0.345 e. The summed E-state index contributed by atoms with van der Waals surface area (Å²) in [6, 6.07) is 4.08. The maximum absolute atomic E-state index is 11.3. The van der Waals surface area contributed by atoms with Crippen molar-refractivity contribution in [3.8, 4) is 0 Å². The molecule has 1 N–H and O–H groups in total. The molecule has 0 fully saturated rings. The average molecular weight is 222 g/mol. The number of carboxylic acids is 1. The van der Waals surface area contributed by atoms with Crippen molar-refractivity contribution in [3.63, 3.8) is 0 Å². The van der Waals surface area contributed by atoms with E-state index >= 15 is 0 Å². The van der Waals surface area contributed by atoms with Gasteiger partial charge in [-0.3, -0.25) is 4.79 Å². The summed E-state index contributed by atoms with van der Waals surface area (Å²) in [5.74, 6) is -2.72. The van der Waals surface area contributed by atoms with Crippen molar-refractivity contribution >= 4 is 17.9 Å². The molecular weight excluding hydrogens is 212 g/mol. The van der Waals surface area contributed by atoms with Crippen LogP contribution in [0.2, 0.25) is 0 Å². The molecule has 1 rings (SSSR count). The van der Waals surface area contributed by atoms with Gasteiger partial charge in [-0.1, -0.05) is 6.07 Å². The van der Waals surface area contributed by atoms with Crippen LogP contribution >= 0.6 is 0 Å². The Morgan fingerprint density at radius 1 is 1.25 bits per heavy atom. The van der Waals surface area contributed by atoms with Crippen LogP contribution < -0.4 is 0 Å². The van der Waals surface area contributed by atoms with Crippen molar-refractivity contribution in [1.29, 1.82) is 0 Å². The highest BCUT2D eigenvalue weighted by Crippen LogP contribution is 2.12. The molecule has 5 heteroatoms. The zero-order valence-corrected chi connectivity index (χ0v) is 8.81. The maximum atomic E-state index is 11.3. The van der Waals surface area contributed by atoms with Gasteiger partial charge in [-0.15, -0.1) is 0 Å². The van der Waals surface area contributed by atoms with E-state index in [2.05, 4.69) is 4.74 Å². The SMILES string of the molecule is CC(=O)OC(=O)c1ccc(C)c(C(=O)O)c1. The Balaban J connectivity index is 3.08. The second kappa shape index (κ2) is 4.57. The number of hydrogen-bond acceptors (Lipinski definition) is 4. The van der Waals surface area contributed by atoms with Crippen molar-refractivity contribution in [2.45, 2.75) is 13.8 Å². The van der Waals surface area contributed by atoms with Gasteiger partial charge >= 0.3 is 17.9 Å². The van der Waals surface area contributed by atoms with E-state index in [-0.39, 0.29) is 11.1 Å². The summed E-state index contributed by atoms with van der Waals surface area (Å²) in [5, 5.41) is 8.83. The molecule has 1 aromatic rings. The van der Waals surface area contributed by atoms with Crippen LogP contribution in [0, 0.1) is 6.92 Å². The van der Waals surface area contributed by atoms with Gasteiger partial charge < -0.3 is 9.84 Å². The van der Waals surface area contributed by atoms with Gasteiger partial charge in [-0.2, -0.15) is 0 Å². The minimum absolute atomic E-state index is 0.0120. The molecule has 1 aromatic carbocycles. The summed E-state index contributed by atoms with van der Waals surface area (Å²) in [6.07, 6.45) is 0. The fourth-order valence-electron chi connectivity index (χ4n) is 1.17. The van der Waals surface area contributed by atoms with E-state index in [1.807, 2.05) is 0 Å². The van der Waals surface area contributed by atoms with Gasteiger partial charge in [0.25, 0.3) is 0 Å². The number of aromatic carboxylic acids is 1. The summed E-state index contributed by atoms with van der Waals surface area (Å²) >= 11 is 0. The predicted octanol–water partition coefficient (Wildman–Crippen LogP) is 1.40. The Morgan fingerprint density at radius 2 is 1.88 bits per heavy atom. The first-order valence-electron chi connectivity index (χ1n) is 4.48. The topological polar surface area (TPSA) is 80.7 Å². The first-order valence-corrected chi connectivity index (χ1v) is 4.48.